The van der Waals surface area contributed by atoms with Gasteiger partial charge < -0.3 is 24.8 Å². The number of nitrogens with one attached hydrogen (secondary N) is 2. The van der Waals surface area contributed by atoms with Gasteiger partial charge in [0.05, 0.1) is 12.0 Å². The van der Waals surface area contributed by atoms with Gasteiger partial charge in [-0.2, -0.15) is 0 Å². The SMILES string of the molecule is CC(C)C[C@H](C(=O)NCC(C)(C)c1ccccc1)N(C)C(=O)[C@H](Cc1cn(C(c2ccccc2)(c2ccccc2)c2ccccc2)cn1)NC(=O)OCc1ccccc1. The molecule has 3 amide bonds. The normalized spacial score (nSPS) is 12.6. The fourth-order valence-corrected chi connectivity index (χ4v) is 7.66. The summed E-state index contributed by atoms with van der Waals surface area (Å²) in [5.74, 6) is -0.588. The Morgan fingerprint density at radius 3 is 1.68 bits per heavy atom. The molecule has 9 heteroatoms. The zero-order valence-electron chi connectivity index (χ0n) is 34.6. The van der Waals surface area contributed by atoms with E-state index in [4.69, 9.17) is 9.72 Å². The van der Waals surface area contributed by atoms with Crippen LogP contribution in [0.2, 0.25) is 0 Å². The average Bonchev–Trinajstić information content (AvgIpc) is 3.73. The van der Waals surface area contributed by atoms with Crippen LogP contribution in [0.3, 0.4) is 0 Å². The molecule has 1 aromatic heterocycles. The Balaban J connectivity index is 1.33. The van der Waals surface area contributed by atoms with E-state index in [2.05, 4.69) is 65.4 Å². The van der Waals surface area contributed by atoms with E-state index in [9.17, 15) is 14.4 Å². The number of amides is 3. The second-order valence-electron chi connectivity index (χ2n) is 16.1. The zero-order valence-corrected chi connectivity index (χ0v) is 34.6. The molecule has 0 bridgehead atoms. The van der Waals surface area contributed by atoms with Crippen LogP contribution in [0.25, 0.3) is 0 Å². The number of benzene rings is 5. The number of aromatic nitrogens is 2. The largest absolute Gasteiger partial charge is 0.445 e. The van der Waals surface area contributed by atoms with Crippen LogP contribution in [0.4, 0.5) is 4.79 Å². The first-order valence-electron chi connectivity index (χ1n) is 20.3. The first kappa shape index (κ1) is 42.1. The highest BCUT2D eigenvalue weighted by Crippen LogP contribution is 2.41. The van der Waals surface area contributed by atoms with Gasteiger partial charge >= 0.3 is 6.09 Å². The Labute approximate surface area is 348 Å². The number of hydrogen-bond acceptors (Lipinski definition) is 5. The molecule has 0 aliphatic heterocycles. The van der Waals surface area contributed by atoms with E-state index in [1.807, 2.05) is 135 Å². The molecular formula is C50H55N5O4. The Hall–Kier alpha value is -6.48. The molecule has 6 rings (SSSR count). The van der Waals surface area contributed by atoms with Gasteiger partial charge in [0.15, 0.2) is 0 Å². The first-order valence-corrected chi connectivity index (χ1v) is 20.3. The first-order chi connectivity index (χ1) is 28.5. The molecule has 5 aromatic carbocycles. The van der Waals surface area contributed by atoms with Crippen molar-refractivity contribution in [3.8, 4) is 0 Å². The second kappa shape index (κ2) is 19.3. The van der Waals surface area contributed by atoms with Crippen LogP contribution in [0, 0.1) is 5.92 Å². The van der Waals surface area contributed by atoms with Gasteiger partial charge in [-0.1, -0.05) is 179 Å². The number of likely N-dealkylation sites (N-methyl/N-ethyl adjacent to an activating group) is 1. The maximum atomic E-state index is 14.7. The van der Waals surface area contributed by atoms with Crippen molar-refractivity contribution in [3.05, 3.63) is 198 Å². The zero-order chi connectivity index (χ0) is 41.8. The predicted octanol–water partition coefficient (Wildman–Crippen LogP) is 8.53. The van der Waals surface area contributed by atoms with Gasteiger partial charge in [0, 0.05) is 31.6 Å². The number of hydrogen-bond donors (Lipinski definition) is 2. The molecule has 2 N–H and O–H groups in total. The molecule has 2 atom stereocenters. The molecule has 0 saturated carbocycles. The van der Waals surface area contributed by atoms with E-state index in [0.29, 0.717) is 18.7 Å². The van der Waals surface area contributed by atoms with Gasteiger partial charge in [-0.25, -0.2) is 9.78 Å². The summed E-state index contributed by atoms with van der Waals surface area (Å²) >= 11 is 0. The van der Waals surface area contributed by atoms with E-state index < -0.39 is 29.6 Å². The minimum Gasteiger partial charge on any atom is -0.445 e. The smallest absolute Gasteiger partial charge is 0.408 e. The van der Waals surface area contributed by atoms with Gasteiger partial charge in [-0.3, -0.25) is 9.59 Å². The van der Waals surface area contributed by atoms with Crippen molar-refractivity contribution in [3.63, 3.8) is 0 Å². The Morgan fingerprint density at radius 2 is 1.19 bits per heavy atom. The van der Waals surface area contributed by atoms with Gasteiger partial charge in [-0.15, -0.1) is 0 Å². The third-order valence-corrected chi connectivity index (χ3v) is 10.9. The molecular weight excluding hydrogens is 735 g/mol. The third-order valence-electron chi connectivity index (χ3n) is 10.9. The lowest BCUT2D eigenvalue weighted by Gasteiger charge is -2.37. The van der Waals surface area contributed by atoms with E-state index in [1.165, 1.54) is 4.90 Å². The number of imidazole rings is 1. The molecule has 0 radical (unpaired) electrons. The van der Waals surface area contributed by atoms with Crippen molar-refractivity contribution in [1.82, 2.24) is 25.1 Å². The number of carbonyl (C=O) groups excluding carboxylic acids is 3. The van der Waals surface area contributed by atoms with Crippen LogP contribution in [0.1, 0.15) is 67.6 Å². The maximum Gasteiger partial charge on any atom is 0.408 e. The highest BCUT2D eigenvalue weighted by molar-refractivity contribution is 5.91. The van der Waals surface area contributed by atoms with Crippen molar-refractivity contribution in [2.45, 2.75) is 70.2 Å². The average molecular weight is 790 g/mol. The van der Waals surface area contributed by atoms with Gasteiger partial charge in [0.1, 0.15) is 24.2 Å². The maximum absolute atomic E-state index is 14.7. The molecule has 0 unspecified atom stereocenters. The lowest BCUT2D eigenvalue weighted by atomic mass is 9.77. The lowest BCUT2D eigenvalue weighted by Crippen LogP contribution is -2.56. The number of rotatable bonds is 17. The summed E-state index contributed by atoms with van der Waals surface area (Å²) in [5.41, 5.74) is 4.38. The molecule has 0 aliphatic rings. The topological polar surface area (TPSA) is 106 Å². The summed E-state index contributed by atoms with van der Waals surface area (Å²) in [4.78, 5) is 48.6. The van der Waals surface area contributed by atoms with Gasteiger partial charge in [0.2, 0.25) is 11.8 Å². The Morgan fingerprint density at radius 1 is 0.712 bits per heavy atom. The number of alkyl carbamates (subject to hydrolysis) is 1. The number of ether oxygens (including phenoxy) is 1. The van der Waals surface area contributed by atoms with Crippen molar-refractivity contribution < 1.29 is 19.1 Å². The number of carbonyl (C=O) groups is 3. The molecule has 0 fully saturated rings. The highest BCUT2D eigenvalue weighted by atomic mass is 16.5. The summed E-state index contributed by atoms with van der Waals surface area (Å²) in [7, 11) is 1.63. The van der Waals surface area contributed by atoms with Crippen LogP contribution >= 0.6 is 0 Å². The Kier molecular flexibility index (Phi) is 13.8. The monoisotopic (exact) mass is 789 g/mol. The molecule has 304 valence electrons. The van der Waals surface area contributed by atoms with Gasteiger partial charge in [0.25, 0.3) is 0 Å². The summed E-state index contributed by atoms with van der Waals surface area (Å²) in [6.07, 6.45) is 3.44. The molecule has 6 aromatic rings. The summed E-state index contributed by atoms with van der Waals surface area (Å²) < 4.78 is 7.70. The van der Waals surface area contributed by atoms with E-state index in [-0.39, 0.29) is 30.3 Å². The highest BCUT2D eigenvalue weighted by Gasteiger charge is 2.39. The quantitative estimate of drug-likeness (QED) is 0.0902. The molecule has 0 spiro atoms. The van der Waals surface area contributed by atoms with Crippen LogP contribution in [0.5, 0.6) is 0 Å². The fourth-order valence-electron chi connectivity index (χ4n) is 7.66. The van der Waals surface area contributed by atoms with Crippen molar-refractivity contribution in [2.24, 2.45) is 5.92 Å². The third kappa shape index (κ3) is 10.2. The van der Waals surface area contributed by atoms with E-state index in [1.54, 1.807) is 13.4 Å². The van der Waals surface area contributed by atoms with Crippen LogP contribution in [-0.2, 0) is 38.3 Å². The van der Waals surface area contributed by atoms with Crippen LogP contribution in [-0.4, -0.2) is 58.0 Å². The minimum absolute atomic E-state index is 0.0291. The standard InChI is InChI=1S/C50H55N5O4/c1-37(2)31-45(46(56)51-35-49(3,4)39-23-13-7-14-24-39)54(5)47(57)44(53-48(58)59-34-38-21-11-6-12-22-38)32-43-33-55(36-52-43)50(40-25-15-8-16-26-40,41-27-17-9-18-28-41)42-29-19-10-20-30-42/h6-30,33,36-37,44-45H,31-32,34-35H2,1-5H3,(H,51,56)(H,53,58)/t44-,45+/m0/s1. The summed E-state index contributed by atoms with van der Waals surface area (Å²) in [6.45, 7) is 8.61. The van der Waals surface area contributed by atoms with Crippen molar-refractivity contribution >= 4 is 17.9 Å². The summed E-state index contributed by atoms with van der Waals surface area (Å²) in [6, 6.07) is 48.2. The summed E-state index contributed by atoms with van der Waals surface area (Å²) in [5, 5.41) is 5.99. The molecule has 59 heavy (non-hydrogen) atoms. The van der Waals surface area contributed by atoms with Crippen LogP contribution in [0.15, 0.2) is 164 Å². The van der Waals surface area contributed by atoms with E-state index in [0.717, 1.165) is 27.8 Å². The van der Waals surface area contributed by atoms with Gasteiger partial charge in [-0.05, 0) is 40.2 Å². The predicted molar refractivity (Wildman–Crippen MR) is 233 cm³/mol. The fraction of sp³-hybridized carbons (Fsp3) is 0.280. The van der Waals surface area contributed by atoms with Crippen LogP contribution < -0.4 is 10.6 Å². The molecule has 0 saturated heterocycles. The number of nitrogens with zero attached hydrogens (tertiary/aromatic N) is 3. The minimum atomic E-state index is -1.10. The van der Waals surface area contributed by atoms with E-state index >= 15 is 0 Å². The molecule has 1 heterocycles. The molecule has 9 nitrogen and oxygen atoms in total. The second-order valence-corrected chi connectivity index (χ2v) is 16.1. The Bertz CT molecular complexity index is 2150. The van der Waals surface area contributed by atoms with Crippen molar-refractivity contribution in [2.75, 3.05) is 13.6 Å². The lowest BCUT2D eigenvalue weighted by molar-refractivity contribution is -0.141. The molecule has 0 aliphatic carbocycles. The van der Waals surface area contributed by atoms with Crippen molar-refractivity contribution in [1.29, 1.82) is 0 Å².